The third-order valence-corrected chi connectivity index (χ3v) is 3.01. The summed E-state index contributed by atoms with van der Waals surface area (Å²) >= 11 is 0. The molecule has 0 aliphatic carbocycles. The van der Waals surface area contributed by atoms with Crippen molar-refractivity contribution in [1.82, 2.24) is 5.43 Å². The molecule has 1 aromatic rings. The van der Waals surface area contributed by atoms with Gasteiger partial charge in [-0.05, 0) is 24.5 Å². The summed E-state index contributed by atoms with van der Waals surface area (Å²) in [5.41, 5.74) is 3.26. The van der Waals surface area contributed by atoms with E-state index in [2.05, 4.69) is 5.43 Å². The van der Waals surface area contributed by atoms with Crippen molar-refractivity contribution < 1.29 is 18.6 Å². The summed E-state index contributed by atoms with van der Waals surface area (Å²) in [5, 5.41) is 0. The fourth-order valence-corrected chi connectivity index (χ4v) is 1.85. The van der Waals surface area contributed by atoms with E-state index in [1.165, 1.54) is 7.11 Å². The van der Waals surface area contributed by atoms with Crippen LogP contribution >= 0.6 is 0 Å². The first kappa shape index (κ1) is 16.8. The van der Waals surface area contributed by atoms with Gasteiger partial charge in [0.1, 0.15) is 0 Å². The first-order valence-electron chi connectivity index (χ1n) is 6.57. The Morgan fingerprint density at radius 3 is 2.70 bits per heavy atom. The summed E-state index contributed by atoms with van der Waals surface area (Å²) in [6.45, 7) is 1.65. The smallest absolute Gasteiger partial charge is 0.168 e. The van der Waals surface area contributed by atoms with Gasteiger partial charge >= 0.3 is 0 Å². The molecular formula is C14H23FN2O3. The molecule has 1 rings (SSSR count). The number of benzene rings is 1. The number of hydrogen-bond donors (Lipinski definition) is 2. The maximum absolute atomic E-state index is 14.0. The summed E-state index contributed by atoms with van der Waals surface area (Å²) in [6, 6.07) is 5.03. The molecule has 0 amide bonds. The predicted octanol–water partition coefficient (Wildman–Crippen LogP) is 1.26. The average molecular weight is 286 g/mol. The normalized spacial score (nSPS) is 12.4. The highest BCUT2D eigenvalue weighted by molar-refractivity contribution is 5.31. The number of hydrogen-bond acceptors (Lipinski definition) is 5. The highest BCUT2D eigenvalue weighted by Crippen LogP contribution is 2.21. The van der Waals surface area contributed by atoms with Gasteiger partial charge in [0, 0.05) is 19.8 Å². The fourth-order valence-electron chi connectivity index (χ4n) is 1.85. The van der Waals surface area contributed by atoms with Gasteiger partial charge in [-0.2, -0.15) is 0 Å². The van der Waals surface area contributed by atoms with E-state index in [-0.39, 0.29) is 17.6 Å². The lowest BCUT2D eigenvalue weighted by atomic mass is 10.0. The molecule has 3 N–H and O–H groups in total. The van der Waals surface area contributed by atoms with Crippen LogP contribution < -0.4 is 16.0 Å². The zero-order chi connectivity index (χ0) is 14.8. The van der Waals surface area contributed by atoms with E-state index < -0.39 is 0 Å². The number of nitrogens with two attached hydrogens (primary N) is 1. The van der Waals surface area contributed by atoms with Gasteiger partial charge in [-0.1, -0.05) is 12.1 Å². The minimum atomic E-state index is -0.337. The number of halogens is 1. The van der Waals surface area contributed by atoms with Crippen molar-refractivity contribution in [3.8, 4) is 5.75 Å². The van der Waals surface area contributed by atoms with Crippen molar-refractivity contribution in [1.29, 1.82) is 0 Å². The quantitative estimate of drug-likeness (QED) is 0.385. The molecule has 0 radical (unpaired) electrons. The standard InChI is InChI=1S/C14H23FN2O3/c1-18-8-9-20-7-6-12(17-16)10-11-4-3-5-13(19-2)14(11)15/h3-5,12,17H,6-10,16H2,1-2H3. The van der Waals surface area contributed by atoms with Gasteiger partial charge in [0.15, 0.2) is 11.6 Å². The lowest BCUT2D eigenvalue weighted by molar-refractivity contribution is 0.0658. The largest absolute Gasteiger partial charge is 0.494 e. The first-order valence-corrected chi connectivity index (χ1v) is 6.57. The molecule has 1 unspecified atom stereocenters. The topological polar surface area (TPSA) is 65.7 Å². The van der Waals surface area contributed by atoms with Gasteiger partial charge in [0.25, 0.3) is 0 Å². The predicted molar refractivity (Wildman–Crippen MR) is 75.1 cm³/mol. The Kier molecular flexibility index (Phi) is 8.13. The summed E-state index contributed by atoms with van der Waals surface area (Å²) in [6.07, 6.45) is 1.17. The van der Waals surface area contributed by atoms with Gasteiger partial charge in [-0.3, -0.25) is 11.3 Å². The van der Waals surface area contributed by atoms with Crippen LogP contribution in [0.4, 0.5) is 4.39 Å². The van der Waals surface area contributed by atoms with Crippen LogP contribution in [0.1, 0.15) is 12.0 Å². The highest BCUT2D eigenvalue weighted by Gasteiger charge is 2.13. The Balaban J connectivity index is 2.47. The molecule has 0 bridgehead atoms. The minimum Gasteiger partial charge on any atom is -0.494 e. The molecule has 0 spiro atoms. The molecule has 0 fully saturated rings. The van der Waals surface area contributed by atoms with Crippen LogP contribution in [-0.2, 0) is 15.9 Å². The average Bonchev–Trinajstić information content (AvgIpc) is 2.47. The summed E-state index contributed by atoms with van der Waals surface area (Å²) < 4.78 is 29.2. The van der Waals surface area contributed by atoms with E-state index in [4.69, 9.17) is 20.1 Å². The monoisotopic (exact) mass is 286 g/mol. The molecule has 0 aromatic heterocycles. The van der Waals surface area contributed by atoms with E-state index in [0.29, 0.717) is 38.2 Å². The van der Waals surface area contributed by atoms with Crippen LogP contribution in [0, 0.1) is 5.82 Å². The SMILES string of the molecule is COCCOCCC(Cc1cccc(OC)c1F)NN. The molecular weight excluding hydrogens is 263 g/mol. The molecule has 114 valence electrons. The second-order valence-electron chi connectivity index (χ2n) is 4.39. The van der Waals surface area contributed by atoms with Crippen molar-refractivity contribution in [2.24, 2.45) is 5.84 Å². The van der Waals surface area contributed by atoms with Crippen molar-refractivity contribution in [2.75, 3.05) is 34.0 Å². The van der Waals surface area contributed by atoms with E-state index >= 15 is 0 Å². The van der Waals surface area contributed by atoms with Gasteiger partial charge in [0.2, 0.25) is 0 Å². The zero-order valence-electron chi connectivity index (χ0n) is 12.0. The minimum absolute atomic E-state index is 0.0563. The van der Waals surface area contributed by atoms with E-state index in [1.807, 2.05) is 0 Å². The number of methoxy groups -OCH3 is 2. The third-order valence-electron chi connectivity index (χ3n) is 3.01. The number of nitrogens with one attached hydrogen (secondary N) is 1. The van der Waals surface area contributed by atoms with E-state index in [0.717, 1.165) is 0 Å². The molecule has 6 heteroatoms. The molecule has 1 atom stereocenters. The Labute approximate surface area is 119 Å². The van der Waals surface area contributed by atoms with E-state index in [1.54, 1.807) is 25.3 Å². The van der Waals surface area contributed by atoms with Crippen molar-refractivity contribution >= 4 is 0 Å². The molecule has 20 heavy (non-hydrogen) atoms. The van der Waals surface area contributed by atoms with Crippen LogP contribution in [-0.4, -0.2) is 40.1 Å². The van der Waals surface area contributed by atoms with Crippen LogP contribution in [0.5, 0.6) is 5.75 Å². The Morgan fingerprint density at radius 1 is 1.25 bits per heavy atom. The van der Waals surface area contributed by atoms with Crippen molar-refractivity contribution in [2.45, 2.75) is 18.9 Å². The lowest BCUT2D eigenvalue weighted by Crippen LogP contribution is -2.38. The van der Waals surface area contributed by atoms with Crippen LogP contribution in [0.2, 0.25) is 0 Å². The van der Waals surface area contributed by atoms with Crippen LogP contribution in [0.25, 0.3) is 0 Å². The number of ether oxygens (including phenoxy) is 3. The van der Waals surface area contributed by atoms with Gasteiger partial charge < -0.3 is 14.2 Å². The summed E-state index contributed by atoms with van der Waals surface area (Å²) in [5.74, 6) is 5.41. The van der Waals surface area contributed by atoms with Crippen LogP contribution in [0.15, 0.2) is 18.2 Å². The zero-order valence-corrected chi connectivity index (χ0v) is 12.0. The molecule has 0 saturated carbocycles. The maximum Gasteiger partial charge on any atom is 0.168 e. The van der Waals surface area contributed by atoms with Crippen LogP contribution in [0.3, 0.4) is 0 Å². The molecule has 0 aliphatic rings. The molecule has 0 saturated heterocycles. The van der Waals surface area contributed by atoms with Crippen molar-refractivity contribution in [3.63, 3.8) is 0 Å². The number of rotatable bonds is 10. The third kappa shape index (κ3) is 5.42. The number of hydrazine groups is 1. The highest BCUT2D eigenvalue weighted by atomic mass is 19.1. The van der Waals surface area contributed by atoms with Crippen molar-refractivity contribution in [3.05, 3.63) is 29.6 Å². The lowest BCUT2D eigenvalue weighted by Gasteiger charge is -2.17. The second-order valence-corrected chi connectivity index (χ2v) is 4.39. The Morgan fingerprint density at radius 2 is 2.05 bits per heavy atom. The fraction of sp³-hybridized carbons (Fsp3) is 0.571. The molecule has 1 aromatic carbocycles. The molecule has 0 aliphatic heterocycles. The Hall–Kier alpha value is -1.21. The molecule has 5 nitrogen and oxygen atoms in total. The van der Waals surface area contributed by atoms with Gasteiger partial charge in [0.05, 0.1) is 20.3 Å². The van der Waals surface area contributed by atoms with Gasteiger partial charge in [-0.25, -0.2) is 4.39 Å². The Bertz CT molecular complexity index is 391. The first-order chi connectivity index (χ1) is 9.72. The summed E-state index contributed by atoms with van der Waals surface area (Å²) in [4.78, 5) is 0. The molecule has 0 heterocycles. The maximum atomic E-state index is 14.0. The van der Waals surface area contributed by atoms with Gasteiger partial charge in [-0.15, -0.1) is 0 Å². The van der Waals surface area contributed by atoms with E-state index in [9.17, 15) is 4.39 Å². The second kappa shape index (κ2) is 9.66. The summed E-state index contributed by atoms with van der Waals surface area (Å²) in [7, 11) is 3.07.